The first kappa shape index (κ1) is 10.8. The summed E-state index contributed by atoms with van der Waals surface area (Å²) in [6.07, 6.45) is 0.272. The van der Waals surface area contributed by atoms with Crippen molar-refractivity contribution < 1.29 is 9.47 Å². The molecule has 1 rings (SSSR count). The van der Waals surface area contributed by atoms with Crippen LogP contribution in [0.15, 0.2) is 18.2 Å². The Balaban J connectivity index is 2.68. The van der Waals surface area contributed by atoms with Crippen molar-refractivity contribution in [2.24, 2.45) is 0 Å². The van der Waals surface area contributed by atoms with Gasteiger partial charge in [-0.1, -0.05) is 6.07 Å². The van der Waals surface area contributed by atoms with Gasteiger partial charge in [0.05, 0.1) is 12.2 Å². The van der Waals surface area contributed by atoms with Crippen molar-refractivity contribution in [3.63, 3.8) is 0 Å². The topological polar surface area (TPSA) is 31.4 Å². The van der Waals surface area contributed by atoms with Crippen LogP contribution in [0.4, 0.5) is 0 Å². The Morgan fingerprint density at radius 1 is 0.929 bits per heavy atom. The molecule has 0 amide bonds. The predicted molar refractivity (Wildman–Crippen MR) is 55.8 cm³/mol. The molecule has 1 heterocycles. The van der Waals surface area contributed by atoms with Gasteiger partial charge >= 0.3 is 0 Å². The standard InChI is InChI=1S/C11H17NO2/c1-8(2)13-10-6-5-7-11(12-10)14-9(3)4/h5-9H,1-4H3. The van der Waals surface area contributed by atoms with Gasteiger partial charge in [0.15, 0.2) is 0 Å². The number of ether oxygens (including phenoxy) is 2. The maximum atomic E-state index is 5.45. The third-order valence-corrected chi connectivity index (χ3v) is 1.41. The number of hydrogen-bond acceptors (Lipinski definition) is 3. The van der Waals surface area contributed by atoms with E-state index >= 15 is 0 Å². The zero-order valence-corrected chi connectivity index (χ0v) is 9.15. The van der Waals surface area contributed by atoms with Crippen LogP contribution in [0.2, 0.25) is 0 Å². The van der Waals surface area contributed by atoms with Crippen LogP contribution in [-0.2, 0) is 0 Å². The van der Waals surface area contributed by atoms with Crippen LogP contribution in [-0.4, -0.2) is 17.2 Å². The molecule has 0 spiro atoms. The van der Waals surface area contributed by atoms with E-state index in [-0.39, 0.29) is 12.2 Å². The lowest BCUT2D eigenvalue weighted by Crippen LogP contribution is -2.09. The molecule has 0 aliphatic carbocycles. The zero-order chi connectivity index (χ0) is 10.6. The van der Waals surface area contributed by atoms with Crippen molar-refractivity contribution in [3.8, 4) is 11.8 Å². The van der Waals surface area contributed by atoms with Crippen molar-refractivity contribution in [2.45, 2.75) is 39.9 Å². The molecule has 0 fully saturated rings. The second-order valence-electron chi connectivity index (χ2n) is 3.65. The Kier molecular flexibility index (Phi) is 3.74. The summed E-state index contributed by atoms with van der Waals surface area (Å²) >= 11 is 0. The van der Waals surface area contributed by atoms with Crippen molar-refractivity contribution in [2.75, 3.05) is 0 Å². The van der Waals surface area contributed by atoms with Gasteiger partial charge in [0.2, 0.25) is 11.8 Å². The summed E-state index contributed by atoms with van der Waals surface area (Å²) in [5.41, 5.74) is 0. The molecule has 1 aromatic heterocycles. The molecule has 0 saturated heterocycles. The highest BCUT2D eigenvalue weighted by Gasteiger charge is 2.02. The lowest BCUT2D eigenvalue weighted by atomic mass is 10.4. The van der Waals surface area contributed by atoms with E-state index < -0.39 is 0 Å². The van der Waals surface area contributed by atoms with Crippen molar-refractivity contribution in [3.05, 3.63) is 18.2 Å². The van der Waals surface area contributed by atoms with Gasteiger partial charge in [-0.05, 0) is 27.7 Å². The molecule has 0 atom stereocenters. The Bertz CT molecular complexity index is 259. The molecular weight excluding hydrogens is 178 g/mol. The summed E-state index contributed by atoms with van der Waals surface area (Å²) in [5, 5.41) is 0. The number of aromatic nitrogens is 1. The molecule has 1 aromatic rings. The lowest BCUT2D eigenvalue weighted by Gasteiger charge is -2.11. The molecule has 0 saturated carbocycles. The van der Waals surface area contributed by atoms with Crippen molar-refractivity contribution >= 4 is 0 Å². The first-order valence-electron chi connectivity index (χ1n) is 4.88. The van der Waals surface area contributed by atoms with Crippen LogP contribution >= 0.6 is 0 Å². The minimum absolute atomic E-state index is 0.136. The molecule has 0 N–H and O–H groups in total. The Morgan fingerprint density at radius 2 is 1.36 bits per heavy atom. The summed E-state index contributed by atoms with van der Waals surface area (Å²) in [5.74, 6) is 1.22. The molecular formula is C11H17NO2. The fourth-order valence-corrected chi connectivity index (χ4v) is 1.01. The van der Waals surface area contributed by atoms with E-state index in [1.54, 1.807) is 0 Å². The van der Waals surface area contributed by atoms with Crippen LogP contribution < -0.4 is 9.47 Å². The van der Waals surface area contributed by atoms with E-state index in [1.807, 2.05) is 45.9 Å². The summed E-state index contributed by atoms with van der Waals surface area (Å²) < 4.78 is 10.9. The Morgan fingerprint density at radius 3 is 1.71 bits per heavy atom. The third-order valence-electron chi connectivity index (χ3n) is 1.41. The first-order chi connectivity index (χ1) is 6.58. The highest BCUT2D eigenvalue weighted by Crippen LogP contribution is 2.15. The van der Waals surface area contributed by atoms with E-state index in [0.717, 1.165) is 0 Å². The van der Waals surface area contributed by atoms with E-state index in [1.165, 1.54) is 0 Å². The van der Waals surface area contributed by atoms with E-state index in [4.69, 9.17) is 9.47 Å². The van der Waals surface area contributed by atoms with Gasteiger partial charge in [0, 0.05) is 12.1 Å². The quantitative estimate of drug-likeness (QED) is 0.740. The number of pyridine rings is 1. The fraction of sp³-hybridized carbons (Fsp3) is 0.545. The van der Waals surface area contributed by atoms with Gasteiger partial charge in [-0.3, -0.25) is 0 Å². The maximum Gasteiger partial charge on any atom is 0.216 e. The zero-order valence-electron chi connectivity index (χ0n) is 9.15. The highest BCUT2D eigenvalue weighted by atomic mass is 16.5. The second-order valence-corrected chi connectivity index (χ2v) is 3.65. The average molecular weight is 195 g/mol. The molecule has 0 radical (unpaired) electrons. The minimum Gasteiger partial charge on any atom is -0.475 e. The van der Waals surface area contributed by atoms with Gasteiger partial charge < -0.3 is 9.47 Å². The van der Waals surface area contributed by atoms with Crippen molar-refractivity contribution in [1.82, 2.24) is 4.98 Å². The molecule has 3 nitrogen and oxygen atoms in total. The molecule has 0 unspecified atom stereocenters. The molecule has 0 bridgehead atoms. The van der Waals surface area contributed by atoms with Gasteiger partial charge in [0.25, 0.3) is 0 Å². The predicted octanol–water partition coefficient (Wildman–Crippen LogP) is 2.66. The second kappa shape index (κ2) is 4.84. The van der Waals surface area contributed by atoms with E-state index in [0.29, 0.717) is 11.8 Å². The molecule has 3 heteroatoms. The third kappa shape index (κ3) is 3.64. The molecule has 0 aromatic carbocycles. The largest absolute Gasteiger partial charge is 0.475 e. The van der Waals surface area contributed by atoms with Crippen molar-refractivity contribution in [1.29, 1.82) is 0 Å². The van der Waals surface area contributed by atoms with Gasteiger partial charge in [-0.15, -0.1) is 0 Å². The summed E-state index contributed by atoms with van der Waals surface area (Å²) in [7, 11) is 0. The monoisotopic (exact) mass is 195 g/mol. The Hall–Kier alpha value is -1.25. The highest BCUT2D eigenvalue weighted by molar-refractivity contribution is 5.19. The number of nitrogens with zero attached hydrogens (tertiary/aromatic N) is 1. The molecule has 0 aliphatic rings. The number of hydrogen-bond donors (Lipinski definition) is 0. The normalized spacial score (nSPS) is 10.7. The van der Waals surface area contributed by atoms with Crippen LogP contribution in [0.25, 0.3) is 0 Å². The maximum absolute atomic E-state index is 5.45. The van der Waals surface area contributed by atoms with Crippen LogP contribution in [0, 0.1) is 0 Å². The molecule has 14 heavy (non-hydrogen) atoms. The molecule has 0 aliphatic heterocycles. The fourth-order valence-electron chi connectivity index (χ4n) is 1.01. The summed E-state index contributed by atoms with van der Waals surface area (Å²) in [4.78, 5) is 4.21. The van der Waals surface area contributed by atoms with Crippen LogP contribution in [0.5, 0.6) is 11.8 Å². The first-order valence-corrected chi connectivity index (χ1v) is 4.88. The van der Waals surface area contributed by atoms with Crippen LogP contribution in [0.1, 0.15) is 27.7 Å². The lowest BCUT2D eigenvalue weighted by molar-refractivity contribution is 0.211. The minimum atomic E-state index is 0.136. The average Bonchev–Trinajstić information content (AvgIpc) is 2.01. The van der Waals surface area contributed by atoms with E-state index in [2.05, 4.69) is 4.98 Å². The summed E-state index contributed by atoms with van der Waals surface area (Å²) in [6, 6.07) is 5.53. The van der Waals surface area contributed by atoms with Gasteiger partial charge in [-0.2, -0.15) is 4.98 Å². The van der Waals surface area contributed by atoms with Gasteiger partial charge in [0.1, 0.15) is 0 Å². The SMILES string of the molecule is CC(C)Oc1cccc(OC(C)C)n1. The van der Waals surface area contributed by atoms with Crippen LogP contribution in [0.3, 0.4) is 0 Å². The summed E-state index contributed by atoms with van der Waals surface area (Å²) in [6.45, 7) is 7.88. The van der Waals surface area contributed by atoms with Gasteiger partial charge in [-0.25, -0.2) is 0 Å². The van der Waals surface area contributed by atoms with E-state index in [9.17, 15) is 0 Å². The smallest absolute Gasteiger partial charge is 0.216 e. The Labute approximate surface area is 85.1 Å². The number of rotatable bonds is 4. The molecule has 78 valence electrons.